The normalized spacial score (nSPS) is 11.1. The second-order valence-electron chi connectivity index (χ2n) is 5.49. The van der Waals surface area contributed by atoms with Crippen molar-refractivity contribution in [3.63, 3.8) is 0 Å². The van der Waals surface area contributed by atoms with E-state index < -0.39 is 6.61 Å². The highest BCUT2D eigenvalue weighted by Gasteiger charge is 2.11. The van der Waals surface area contributed by atoms with Crippen LogP contribution < -0.4 is 4.74 Å². The lowest BCUT2D eigenvalue weighted by atomic mass is 10.1. The monoisotopic (exact) mass is 362 g/mol. The maximum atomic E-state index is 12.2. The molecule has 2 aromatic carbocycles. The van der Waals surface area contributed by atoms with Crippen LogP contribution in [0.15, 0.2) is 52.1 Å². The summed E-state index contributed by atoms with van der Waals surface area (Å²) in [4.78, 5) is 0. The number of halogens is 2. The number of aromatic nitrogens is 2. The van der Waals surface area contributed by atoms with E-state index in [2.05, 4.69) is 47.0 Å². The molecule has 0 aliphatic heterocycles. The SMILES string of the molecule is Cc1ccc(C)c(CSc2nnc(-c3ccc(OC(F)F)cc3)o2)c1. The summed E-state index contributed by atoms with van der Waals surface area (Å²) in [5.41, 5.74) is 4.29. The molecule has 4 nitrogen and oxygen atoms in total. The lowest BCUT2D eigenvalue weighted by molar-refractivity contribution is -0.0498. The molecule has 3 rings (SSSR count). The van der Waals surface area contributed by atoms with Gasteiger partial charge in [-0.05, 0) is 49.2 Å². The van der Waals surface area contributed by atoms with Crippen LogP contribution in [0.25, 0.3) is 11.5 Å². The molecular weight excluding hydrogens is 346 g/mol. The molecule has 3 aromatic rings. The van der Waals surface area contributed by atoms with E-state index in [0.717, 1.165) is 5.75 Å². The molecule has 0 amide bonds. The Labute approximate surface area is 148 Å². The Kier molecular flexibility index (Phi) is 5.33. The summed E-state index contributed by atoms with van der Waals surface area (Å²) >= 11 is 1.46. The zero-order chi connectivity index (χ0) is 17.8. The molecule has 0 aliphatic rings. The van der Waals surface area contributed by atoms with Crippen molar-refractivity contribution >= 4 is 11.8 Å². The quantitative estimate of drug-likeness (QED) is 0.561. The Morgan fingerprint density at radius 2 is 1.84 bits per heavy atom. The van der Waals surface area contributed by atoms with Gasteiger partial charge >= 0.3 is 6.61 Å². The van der Waals surface area contributed by atoms with Gasteiger partial charge < -0.3 is 9.15 Å². The summed E-state index contributed by atoms with van der Waals surface area (Å²) in [6.07, 6.45) is 0. The number of hydrogen-bond acceptors (Lipinski definition) is 5. The molecule has 0 bridgehead atoms. The third-order valence-corrected chi connectivity index (χ3v) is 4.46. The molecule has 0 N–H and O–H groups in total. The summed E-state index contributed by atoms with van der Waals surface area (Å²) in [6.45, 7) is 1.28. The summed E-state index contributed by atoms with van der Waals surface area (Å²) in [6, 6.07) is 12.4. The molecule has 0 aliphatic carbocycles. The molecular formula is C18H16F2N2O2S. The molecule has 0 radical (unpaired) electrons. The van der Waals surface area contributed by atoms with Crippen molar-refractivity contribution in [2.24, 2.45) is 0 Å². The summed E-state index contributed by atoms with van der Waals surface area (Å²) in [5.74, 6) is 1.16. The molecule has 7 heteroatoms. The first kappa shape index (κ1) is 17.4. The zero-order valence-corrected chi connectivity index (χ0v) is 14.5. The molecule has 1 heterocycles. The minimum Gasteiger partial charge on any atom is -0.435 e. The first-order valence-electron chi connectivity index (χ1n) is 7.59. The third kappa shape index (κ3) is 4.57. The first-order chi connectivity index (χ1) is 12.0. The number of thioether (sulfide) groups is 1. The standard InChI is InChI=1S/C18H16F2N2O2S/c1-11-3-4-12(2)14(9-11)10-25-18-22-21-16(24-18)13-5-7-15(8-6-13)23-17(19)20/h3-9,17H,10H2,1-2H3. The highest BCUT2D eigenvalue weighted by Crippen LogP contribution is 2.28. The molecule has 0 spiro atoms. The van der Waals surface area contributed by atoms with E-state index in [-0.39, 0.29) is 5.75 Å². The lowest BCUT2D eigenvalue weighted by Gasteiger charge is -2.05. The fraction of sp³-hybridized carbons (Fsp3) is 0.222. The van der Waals surface area contributed by atoms with Crippen LogP contribution in [0.4, 0.5) is 8.78 Å². The van der Waals surface area contributed by atoms with Crippen molar-refractivity contribution in [3.8, 4) is 17.2 Å². The predicted molar refractivity (Wildman–Crippen MR) is 91.8 cm³/mol. The molecule has 0 unspecified atom stereocenters. The topological polar surface area (TPSA) is 48.2 Å². The van der Waals surface area contributed by atoms with Crippen LogP contribution in [0.1, 0.15) is 16.7 Å². The summed E-state index contributed by atoms with van der Waals surface area (Å²) in [5, 5.41) is 8.49. The number of ether oxygens (including phenoxy) is 1. The van der Waals surface area contributed by atoms with Crippen molar-refractivity contribution in [2.45, 2.75) is 31.4 Å². The number of rotatable bonds is 6. The largest absolute Gasteiger partial charge is 0.435 e. The fourth-order valence-electron chi connectivity index (χ4n) is 2.26. The maximum Gasteiger partial charge on any atom is 0.387 e. The predicted octanol–water partition coefficient (Wildman–Crippen LogP) is 5.25. The Hall–Kier alpha value is -2.41. The van der Waals surface area contributed by atoms with E-state index in [9.17, 15) is 8.78 Å². The Morgan fingerprint density at radius 1 is 1.08 bits per heavy atom. The van der Waals surface area contributed by atoms with E-state index in [4.69, 9.17) is 4.42 Å². The van der Waals surface area contributed by atoms with Crippen LogP contribution in [0.5, 0.6) is 5.75 Å². The lowest BCUT2D eigenvalue weighted by Crippen LogP contribution is -2.01. The van der Waals surface area contributed by atoms with E-state index >= 15 is 0 Å². The van der Waals surface area contributed by atoms with Gasteiger partial charge in [0, 0.05) is 11.3 Å². The van der Waals surface area contributed by atoms with Crippen molar-refractivity contribution in [2.75, 3.05) is 0 Å². The second-order valence-corrected chi connectivity index (χ2v) is 6.42. The van der Waals surface area contributed by atoms with Crippen LogP contribution in [0.2, 0.25) is 0 Å². The van der Waals surface area contributed by atoms with Gasteiger partial charge in [-0.25, -0.2) is 0 Å². The van der Waals surface area contributed by atoms with Crippen molar-refractivity contribution in [1.29, 1.82) is 0 Å². The average molecular weight is 362 g/mol. The van der Waals surface area contributed by atoms with Gasteiger partial charge in [-0.3, -0.25) is 0 Å². The fourth-order valence-corrected chi connectivity index (χ4v) is 3.09. The highest BCUT2D eigenvalue weighted by atomic mass is 32.2. The Balaban J connectivity index is 1.67. The Morgan fingerprint density at radius 3 is 2.56 bits per heavy atom. The third-order valence-electron chi connectivity index (χ3n) is 3.59. The molecule has 25 heavy (non-hydrogen) atoms. The minimum absolute atomic E-state index is 0.0859. The number of aryl methyl sites for hydroxylation is 2. The van der Waals surface area contributed by atoms with Gasteiger partial charge in [-0.15, -0.1) is 10.2 Å². The summed E-state index contributed by atoms with van der Waals surface area (Å²) < 4.78 is 34.3. The van der Waals surface area contributed by atoms with Gasteiger partial charge in [0.15, 0.2) is 0 Å². The number of nitrogens with zero attached hydrogens (tertiary/aromatic N) is 2. The molecule has 0 saturated carbocycles. The van der Waals surface area contributed by atoms with Crippen LogP contribution in [0.3, 0.4) is 0 Å². The molecule has 0 saturated heterocycles. The van der Waals surface area contributed by atoms with Crippen molar-refractivity contribution < 1.29 is 17.9 Å². The van der Waals surface area contributed by atoms with E-state index in [1.165, 1.54) is 40.6 Å². The number of alkyl halides is 2. The van der Waals surface area contributed by atoms with Crippen LogP contribution in [-0.2, 0) is 5.75 Å². The van der Waals surface area contributed by atoms with Gasteiger partial charge in [-0.2, -0.15) is 8.78 Å². The molecule has 1 aromatic heterocycles. The Bertz CT molecular complexity index is 851. The molecule has 130 valence electrons. The smallest absolute Gasteiger partial charge is 0.387 e. The van der Waals surface area contributed by atoms with Gasteiger partial charge in [0.2, 0.25) is 5.89 Å². The highest BCUT2D eigenvalue weighted by molar-refractivity contribution is 7.98. The average Bonchev–Trinajstić information content (AvgIpc) is 3.05. The van der Waals surface area contributed by atoms with Gasteiger partial charge in [0.1, 0.15) is 5.75 Å². The van der Waals surface area contributed by atoms with E-state index in [0.29, 0.717) is 16.7 Å². The van der Waals surface area contributed by atoms with Crippen molar-refractivity contribution in [1.82, 2.24) is 10.2 Å². The first-order valence-corrected chi connectivity index (χ1v) is 8.57. The van der Waals surface area contributed by atoms with E-state index in [1.54, 1.807) is 12.1 Å². The van der Waals surface area contributed by atoms with Crippen LogP contribution in [-0.4, -0.2) is 16.8 Å². The second kappa shape index (κ2) is 7.65. The maximum absolute atomic E-state index is 12.2. The number of benzene rings is 2. The van der Waals surface area contributed by atoms with E-state index in [1.807, 2.05) is 0 Å². The van der Waals surface area contributed by atoms with Gasteiger partial charge in [0.05, 0.1) is 0 Å². The van der Waals surface area contributed by atoms with Gasteiger partial charge in [-0.1, -0.05) is 35.5 Å². The minimum atomic E-state index is -2.85. The number of hydrogen-bond donors (Lipinski definition) is 0. The molecule has 0 fully saturated rings. The molecule has 0 atom stereocenters. The zero-order valence-electron chi connectivity index (χ0n) is 13.7. The summed E-state index contributed by atoms with van der Waals surface area (Å²) in [7, 11) is 0. The van der Waals surface area contributed by atoms with Crippen LogP contribution >= 0.6 is 11.8 Å². The van der Waals surface area contributed by atoms with Crippen LogP contribution in [0, 0.1) is 13.8 Å². The van der Waals surface area contributed by atoms with Crippen molar-refractivity contribution in [3.05, 3.63) is 59.2 Å². The van der Waals surface area contributed by atoms with Gasteiger partial charge in [0.25, 0.3) is 5.22 Å².